The molecule has 1 aliphatic carbocycles. The summed E-state index contributed by atoms with van der Waals surface area (Å²) in [6, 6.07) is 4.14. The van der Waals surface area contributed by atoms with Gasteiger partial charge < -0.3 is 10.2 Å². The summed E-state index contributed by atoms with van der Waals surface area (Å²) in [5.74, 6) is 1.08. The van der Waals surface area contributed by atoms with Crippen LogP contribution >= 0.6 is 0 Å². The van der Waals surface area contributed by atoms with Crippen molar-refractivity contribution in [2.75, 3.05) is 13.1 Å². The molecule has 2 aromatic heterocycles. The van der Waals surface area contributed by atoms with Crippen LogP contribution in [0.2, 0.25) is 0 Å². The van der Waals surface area contributed by atoms with Gasteiger partial charge in [-0.05, 0) is 51.2 Å². The fourth-order valence-electron chi connectivity index (χ4n) is 4.07. The average Bonchev–Trinajstić information content (AvgIpc) is 3.55. The third kappa shape index (κ3) is 5.01. The Balaban J connectivity index is 1.42. The predicted octanol–water partition coefficient (Wildman–Crippen LogP) is 2.26. The van der Waals surface area contributed by atoms with Crippen molar-refractivity contribution in [1.29, 1.82) is 0 Å². The molecule has 0 aromatic carbocycles. The molecule has 3 heterocycles. The summed E-state index contributed by atoms with van der Waals surface area (Å²) in [4.78, 5) is 40.5. The molecule has 158 valence electrons. The lowest BCUT2D eigenvalue weighted by Gasteiger charge is -2.32. The van der Waals surface area contributed by atoms with E-state index in [2.05, 4.69) is 10.3 Å². The number of amides is 2. The van der Waals surface area contributed by atoms with E-state index in [-0.39, 0.29) is 17.7 Å². The second-order valence-electron chi connectivity index (χ2n) is 8.47. The van der Waals surface area contributed by atoms with Gasteiger partial charge in [-0.3, -0.25) is 14.6 Å². The molecule has 0 bridgehead atoms. The predicted molar refractivity (Wildman–Crippen MR) is 113 cm³/mol. The van der Waals surface area contributed by atoms with Gasteiger partial charge in [0, 0.05) is 54.4 Å². The fraction of sp³-hybridized carbons (Fsp3) is 0.522. The SMILES string of the molecule is Cc1nc([C@@H]2CCCN(C(=O)Cc3cccnc3)C2)nc(C)c1CC(=O)NC1CC1. The highest BCUT2D eigenvalue weighted by atomic mass is 16.2. The van der Waals surface area contributed by atoms with Crippen LogP contribution in [-0.4, -0.2) is 50.8 Å². The summed E-state index contributed by atoms with van der Waals surface area (Å²) in [7, 11) is 0. The van der Waals surface area contributed by atoms with Crippen LogP contribution in [0.1, 0.15) is 59.9 Å². The minimum absolute atomic E-state index is 0.0462. The molecule has 1 saturated heterocycles. The van der Waals surface area contributed by atoms with Crippen LogP contribution < -0.4 is 5.32 Å². The number of nitrogens with one attached hydrogen (secondary N) is 1. The number of pyridine rings is 1. The third-order valence-corrected chi connectivity index (χ3v) is 5.94. The van der Waals surface area contributed by atoms with Gasteiger partial charge in [0.25, 0.3) is 0 Å². The number of aromatic nitrogens is 3. The van der Waals surface area contributed by atoms with E-state index < -0.39 is 0 Å². The summed E-state index contributed by atoms with van der Waals surface area (Å²) in [6.45, 7) is 5.31. The van der Waals surface area contributed by atoms with Crippen LogP contribution in [0.25, 0.3) is 0 Å². The van der Waals surface area contributed by atoms with Crippen molar-refractivity contribution in [2.45, 2.75) is 64.3 Å². The van der Waals surface area contributed by atoms with E-state index in [0.29, 0.717) is 25.4 Å². The highest BCUT2D eigenvalue weighted by molar-refractivity contribution is 5.80. The first-order valence-corrected chi connectivity index (χ1v) is 10.8. The Labute approximate surface area is 177 Å². The summed E-state index contributed by atoms with van der Waals surface area (Å²) >= 11 is 0. The molecular formula is C23H29N5O2. The minimum Gasteiger partial charge on any atom is -0.353 e. The van der Waals surface area contributed by atoms with Gasteiger partial charge in [0.05, 0.1) is 12.8 Å². The zero-order valence-corrected chi connectivity index (χ0v) is 17.7. The van der Waals surface area contributed by atoms with Crippen LogP contribution in [0, 0.1) is 13.8 Å². The van der Waals surface area contributed by atoms with Crippen LogP contribution in [0.5, 0.6) is 0 Å². The second kappa shape index (κ2) is 8.90. The fourth-order valence-corrected chi connectivity index (χ4v) is 4.07. The highest BCUT2D eigenvalue weighted by Gasteiger charge is 2.28. The molecule has 7 heteroatoms. The molecule has 7 nitrogen and oxygen atoms in total. The quantitative estimate of drug-likeness (QED) is 0.794. The lowest BCUT2D eigenvalue weighted by molar-refractivity contribution is -0.131. The number of carbonyl (C=O) groups is 2. The van der Waals surface area contributed by atoms with E-state index in [1.165, 1.54) is 0 Å². The van der Waals surface area contributed by atoms with Crippen LogP contribution in [0.15, 0.2) is 24.5 Å². The van der Waals surface area contributed by atoms with Crippen molar-refractivity contribution in [3.05, 3.63) is 52.9 Å². The Hall–Kier alpha value is -2.83. The van der Waals surface area contributed by atoms with Gasteiger partial charge in [-0.25, -0.2) is 9.97 Å². The van der Waals surface area contributed by atoms with E-state index in [4.69, 9.17) is 9.97 Å². The zero-order chi connectivity index (χ0) is 21.1. The second-order valence-corrected chi connectivity index (χ2v) is 8.47. The first kappa shape index (κ1) is 20.4. The molecule has 1 saturated carbocycles. The van der Waals surface area contributed by atoms with Crippen molar-refractivity contribution in [3.8, 4) is 0 Å². The number of hydrogen-bond donors (Lipinski definition) is 1. The standard InChI is InChI=1S/C23H29N5O2/c1-15-20(12-21(29)27-19-7-8-19)16(2)26-23(25-15)18-6-4-10-28(14-18)22(30)11-17-5-3-9-24-13-17/h3,5,9,13,18-19H,4,6-8,10-12,14H2,1-2H3,(H,27,29)/t18-/m1/s1. The molecule has 4 rings (SSSR count). The Morgan fingerprint density at radius 3 is 2.57 bits per heavy atom. The van der Waals surface area contributed by atoms with Gasteiger partial charge in [0.1, 0.15) is 5.82 Å². The normalized spacial score (nSPS) is 18.9. The molecular weight excluding hydrogens is 378 g/mol. The van der Waals surface area contributed by atoms with Gasteiger partial charge in [-0.15, -0.1) is 0 Å². The summed E-state index contributed by atoms with van der Waals surface area (Å²) in [6.07, 6.45) is 8.23. The maximum Gasteiger partial charge on any atom is 0.227 e. The number of carbonyl (C=O) groups excluding carboxylic acids is 2. The van der Waals surface area contributed by atoms with Crippen molar-refractivity contribution < 1.29 is 9.59 Å². The Morgan fingerprint density at radius 2 is 1.90 bits per heavy atom. The first-order chi connectivity index (χ1) is 14.5. The maximum atomic E-state index is 12.8. The maximum absolute atomic E-state index is 12.8. The van der Waals surface area contributed by atoms with Gasteiger partial charge in [0.15, 0.2) is 0 Å². The topological polar surface area (TPSA) is 88.1 Å². The number of rotatable bonds is 6. The van der Waals surface area contributed by atoms with Gasteiger partial charge in [0.2, 0.25) is 11.8 Å². The summed E-state index contributed by atoms with van der Waals surface area (Å²) in [5, 5.41) is 3.03. The molecule has 1 N–H and O–H groups in total. The molecule has 2 fully saturated rings. The molecule has 2 amide bonds. The third-order valence-electron chi connectivity index (χ3n) is 5.94. The van der Waals surface area contributed by atoms with Crippen LogP contribution in [0.4, 0.5) is 0 Å². The monoisotopic (exact) mass is 407 g/mol. The Bertz CT molecular complexity index is 903. The summed E-state index contributed by atoms with van der Waals surface area (Å²) < 4.78 is 0. The number of nitrogens with zero attached hydrogens (tertiary/aromatic N) is 4. The highest BCUT2D eigenvalue weighted by Crippen LogP contribution is 2.27. The van der Waals surface area contributed by atoms with Crippen molar-refractivity contribution in [3.63, 3.8) is 0 Å². The van der Waals surface area contributed by atoms with Gasteiger partial charge >= 0.3 is 0 Å². The van der Waals surface area contributed by atoms with Crippen LogP contribution in [0.3, 0.4) is 0 Å². The smallest absolute Gasteiger partial charge is 0.227 e. The Morgan fingerprint density at radius 1 is 1.13 bits per heavy atom. The number of likely N-dealkylation sites (tertiary alicyclic amines) is 1. The lowest BCUT2D eigenvalue weighted by Crippen LogP contribution is -2.40. The number of hydrogen-bond acceptors (Lipinski definition) is 5. The largest absolute Gasteiger partial charge is 0.353 e. The summed E-state index contributed by atoms with van der Waals surface area (Å²) in [5.41, 5.74) is 3.57. The van der Waals surface area contributed by atoms with Gasteiger partial charge in [-0.2, -0.15) is 0 Å². The Kier molecular flexibility index (Phi) is 6.06. The van der Waals surface area contributed by atoms with E-state index in [1.54, 1.807) is 12.4 Å². The lowest BCUT2D eigenvalue weighted by atomic mass is 9.95. The van der Waals surface area contributed by atoms with E-state index in [0.717, 1.165) is 60.6 Å². The first-order valence-electron chi connectivity index (χ1n) is 10.8. The van der Waals surface area contributed by atoms with Crippen LogP contribution in [-0.2, 0) is 22.4 Å². The molecule has 2 aliphatic rings. The molecule has 30 heavy (non-hydrogen) atoms. The molecule has 1 atom stereocenters. The molecule has 0 radical (unpaired) electrons. The minimum atomic E-state index is 0.0462. The van der Waals surface area contributed by atoms with Crippen molar-refractivity contribution in [1.82, 2.24) is 25.2 Å². The van der Waals surface area contributed by atoms with E-state index in [1.807, 2.05) is 30.9 Å². The van der Waals surface area contributed by atoms with E-state index in [9.17, 15) is 9.59 Å². The number of aryl methyl sites for hydroxylation is 2. The van der Waals surface area contributed by atoms with Gasteiger partial charge in [-0.1, -0.05) is 6.07 Å². The molecule has 1 aliphatic heterocycles. The molecule has 2 aromatic rings. The zero-order valence-electron chi connectivity index (χ0n) is 17.7. The number of piperidine rings is 1. The van der Waals surface area contributed by atoms with E-state index >= 15 is 0 Å². The molecule has 0 unspecified atom stereocenters. The molecule has 0 spiro atoms. The van der Waals surface area contributed by atoms with Crippen molar-refractivity contribution >= 4 is 11.8 Å². The van der Waals surface area contributed by atoms with Crippen molar-refractivity contribution in [2.24, 2.45) is 0 Å². The average molecular weight is 408 g/mol.